The first-order chi connectivity index (χ1) is 10.8. The fraction of sp³-hybridized carbons (Fsp3) is 0.500. The molecule has 5 nitrogen and oxygen atoms in total. The Kier molecular flexibility index (Phi) is 5.44. The first kappa shape index (κ1) is 17.5. The van der Waals surface area contributed by atoms with Gasteiger partial charge in [-0.1, -0.05) is 19.9 Å². The second kappa shape index (κ2) is 7.15. The van der Waals surface area contributed by atoms with E-state index in [2.05, 4.69) is 19.9 Å². The first-order valence-electron chi connectivity index (χ1n) is 7.76. The normalized spacial score (nSPS) is 21.2. The summed E-state index contributed by atoms with van der Waals surface area (Å²) >= 11 is 0. The van der Waals surface area contributed by atoms with Crippen molar-refractivity contribution in [3.63, 3.8) is 0 Å². The molecule has 0 saturated carbocycles. The summed E-state index contributed by atoms with van der Waals surface area (Å²) in [6.45, 7) is 8.05. The molecule has 0 radical (unpaired) electrons. The van der Waals surface area contributed by atoms with Crippen molar-refractivity contribution >= 4 is 11.5 Å². The van der Waals surface area contributed by atoms with Crippen LogP contribution >= 0.6 is 0 Å². The maximum absolute atomic E-state index is 10.6. The monoisotopic (exact) mass is 320 g/mol. The molecule has 126 valence electrons. The zero-order valence-corrected chi connectivity index (χ0v) is 14.0. The van der Waals surface area contributed by atoms with Crippen LogP contribution in [-0.2, 0) is 9.53 Å². The standard InChI is InChI=1S/C18H24O5/c1-10(2)15-7-13(8-23-18(15)21)17-11(3)5-14(6-12(17)4)22-9-16(19)20/h5-7,10,15,18,21H,8-9H2,1-4H3,(H,19,20). The Hall–Kier alpha value is -1.85. The van der Waals surface area contributed by atoms with E-state index in [4.69, 9.17) is 14.6 Å². The second-order valence-corrected chi connectivity index (χ2v) is 6.33. The Morgan fingerprint density at radius 1 is 1.35 bits per heavy atom. The van der Waals surface area contributed by atoms with Crippen molar-refractivity contribution in [3.05, 3.63) is 34.9 Å². The third kappa shape index (κ3) is 4.12. The van der Waals surface area contributed by atoms with Gasteiger partial charge >= 0.3 is 5.97 Å². The smallest absolute Gasteiger partial charge is 0.341 e. The molecule has 2 atom stereocenters. The van der Waals surface area contributed by atoms with Crippen molar-refractivity contribution in [2.45, 2.75) is 34.0 Å². The number of rotatable bonds is 5. The number of carboxylic acid groups (broad SMARTS) is 1. The average molecular weight is 320 g/mol. The average Bonchev–Trinajstić information content (AvgIpc) is 2.45. The number of aliphatic carboxylic acids is 1. The quantitative estimate of drug-likeness (QED) is 0.872. The van der Waals surface area contributed by atoms with Crippen LogP contribution in [0, 0.1) is 25.7 Å². The number of ether oxygens (including phenoxy) is 2. The number of hydrogen-bond acceptors (Lipinski definition) is 4. The van der Waals surface area contributed by atoms with Gasteiger partial charge in [0.15, 0.2) is 12.9 Å². The predicted molar refractivity (Wildman–Crippen MR) is 87.3 cm³/mol. The molecule has 0 amide bonds. The lowest BCUT2D eigenvalue weighted by molar-refractivity contribution is -0.139. The molecule has 0 spiro atoms. The van der Waals surface area contributed by atoms with Crippen LogP contribution in [0.4, 0.5) is 0 Å². The van der Waals surface area contributed by atoms with Gasteiger partial charge in [-0.05, 0) is 54.2 Å². The molecule has 5 heteroatoms. The number of benzene rings is 1. The van der Waals surface area contributed by atoms with Gasteiger partial charge in [0.25, 0.3) is 0 Å². The molecule has 2 unspecified atom stereocenters. The maximum Gasteiger partial charge on any atom is 0.341 e. The fourth-order valence-corrected chi connectivity index (χ4v) is 2.98. The van der Waals surface area contributed by atoms with Crippen LogP contribution in [-0.4, -0.2) is 35.7 Å². The number of aliphatic hydroxyl groups excluding tert-OH is 1. The summed E-state index contributed by atoms with van der Waals surface area (Å²) in [4.78, 5) is 10.6. The highest BCUT2D eigenvalue weighted by Gasteiger charge is 2.27. The maximum atomic E-state index is 10.6. The fourth-order valence-electron chi connectivity index (χ4n) is 2.98. The summed E-state index contributed by atoms with van der Waals surface area (Å²) in [5.41, 5.74) is 4.12. The zero-order chi connectivity index (χ0) is 17.1. The van der Waals surface area contributed by atoms with Crippen LogP contribution in [0.2, 0.25) is 0 Å². The summed E-state index contributed by atoms with van der Waals surface area (Å²) in [6.07, 6.45) is 1.32. The Morgan fingerprint density at radius 2 is 1.96 bits per heavy atom. The molecule has 0 aliphatic carbocycles. The van der Waals surface area contributed by atoms with Gasteiger partial charge in [0.1, 0.15) is 5.75 Å². The van der Waals surface area contributed by atoms with E-state index in [-0.39, 0.29) is 18.4 Å². The molecular formula is C18H24O5. The minimum atomic E-state index is -0.999. The van der Waals surface area contributed by atoms with Gasteiger partial charge in [0.05, 0.1) is 6.61 Å². The first-order valence-corrected chi connectivity index (χ1v) is 7.76. The largest absolute Gasteiger partial charge is 0.482 e. The van der Waals surface area contributed by atoms with E-state index in [1.807, 2.05) is 26.0 Å². The van der Waals surface area contributed by atoms with Crippen LogP contribution in [0.15, 0.2) is 18.2 Å². The van der Waals surface area contributed by atoms with Gasteiger partial charge in [0, 0.05) is 5.92 Å². The molecule has 0 fully saturated rings. The summed E-state index contributed by atoms with van der Waals surface area (Å²) in [6, 6.07) is 3.67. The van der Waals surface area contributed by atoms with Crippen molar-refractivity contribution < 1.29 is 24.5 Å². The van der Waals surface area contributed by atoms with Crippen molar-refractivity contribution in [1.82, 2.24) is 0 Å². The van der Waals surface area contributed by atoms with Crippen LogP contribution in [0.1, 0.15) is 30.5 Å². The minimum absolute atomic E-state index is 0.0412. The third-order valence-electron chi connectivity index (χ3n) is 4.09. The van der Waals surface area contributed by atoms with Crippen molar-refractivity contribution in [2.24, 2.45) is 11.8 Å². The molecule has 0 saturated heterocycles. The Bertz CT molecular complexity index is 595. The molecule has 0 aromatic heterocycles. The van der Waals surface area contributed by atoms with E-state index >= 15 is 0 Å². The molecule has 1 aromatic carbocycles. The molecule has 2 N–H and O–H groups in total. The SMILES string of the molecule is Cc1cc(OCC(=O)O)cc(C)c1C1=CC(C(C)C)C(O)OC1. The van der Waals surface area contributed by atoms with Crippen LogP contribution in [0.5, 0.6) is 5.75 Å². The lowest BCUT2D eigenvalue weighted by atomic mass is 9.87. The molecule has 2 rings (SSSR count). The van der Waals surface area contributed by atoms with Crippen molar-refractivity contribution in [2.75, 3.05) is 13.2 Å². The summed E-state index contributed by atoms with van der Waals surface area (Å²) < 4.78 is 10.8. The van der Waals surface area contributed by atoms with Crippen LogP contribution in [0.3, 0.4) is 0 Å². The summed E-state index contributed by atoms with van der Waals surface area (Å²) in [5, 5.41) is 18.7. The molecule has 1 aliphatic heterocycles. The van der Waals surface area contributed by atoms with Gasteiger partial charge in [-0.15, -0.1) is 0 Å². The van der Waals surface area contributed by atoms with Crippen LogP contribution in [0.25, 0.3) is 5.57 Å². The molecule has 0 bridgehead atoms. The topological polar surface area (TPSA) is 76.0 Å². The van der Waals surface area contributed by atoms with Crippen molar-refractivity contribution in [3.8, 4) is 5.75 Å². The van der Waals surface area contributed by atoms with E-state index in [0.717, 1.165) is 22.3 Å². The second-order valence-electron chi connectivity index (χ2n) is 6.33. The highest BCUT2D eigenvalue weighted by molar-refractivity contribution is 5.73. The molecule has 1 heterocycles. The highest BCUT2D eigenvalue weighted by Crippen LogP contribution is 2.34. The number of aliphatic hydroxyl groups is 1. The van der Waals surface area contributed by atoms with Crippen LogP contribution < -0.4 is 4.74 Å². The molecule has 1 aromatic rings. The Balaban J connectivity index is 2.32. The van der Waals surface area contributed by atoms with Gasteiger partial charge in [0.2, 0.25) is 0 Å². The van der Waals surface area contributed by atoms with Gasteiger partial charge in [-0.3, -0.25) is 0 Å². The minimum Gasteiger partial charge on any atom is -0.482 e. The van der Waals surface area contributed by atoms with Gasteiger partial charge in [-0.2, -0.15) is 0 Å². The number of carboxylic acids is 1. The van der Waals surface area contributed by atoms with E-state index < -0.39 is 12.3 Å². The van der Waals surface area contributed by atoms with E-state index in [1.54, 1.807) is 0 Å². The summed E-state index contributed by atoms with van der Waals surface area (Å²) in [7, 11) is 0. The highest BCUT2D eigenvalue weighted by atomic mass is 16.6. The lowest BCUT2D eigenvalue weighted by Gasteiger charge is -2.30. The van der Waals surface area contributed by atoms with Gasteiger partial charge < -0.3 is 19.7 Å². The zero-order valence-electron chi connectivity index (χ0n) is 14.0. The summed E-state index contributed by atoms with van der Waals surface area (Å²) in [5.74, 6) is -0.218. The third-order valence-corrected chi connectivity index (χ3v) is 4.09. The molecule has 23 heavy (non-hydrogen) atoms. The van der Waals surface area contributed by atoms with E-state index in [0.29, 0.717) is 12.4 Å². The van der Waals surface area contributed by atoms with Gasteiger partial charge in [-0.25, -0.2) is 4.79 Å². The Labute approximate surface area is 136 Å². The predicted octanol–water partition coefficient (Wildman–Crippen LogP) is 2.77. The Morgan fingerprint density at radius 3 is 2.48 bits per heavy atom. The lowest BCUT2D eigenvalue weighted by Crippen LogP contribution is -2.31. The molecular weight excluding hydrogens is 296 g/mol. The number of hydrogen-bond donors (Lipinski definition) is 2. The van der Waals surface area contributed by atoms with Crippen molar-refractivity contribution in [1.29, 1.82) is 0 Å². The number of aryl methyl sites for hydroxylation is 2. The number of carbonyl (C=O) groups is 1. The van der Waals surface area contributed by atoms with E-state index in [9.17, 15) is 9.90 Å². The van der Waals surface area contributed by atoms with E-state index in [1.165, 1.54) is 0 Å². The molecule has 1 aliphatic rings.